The summed E-state index contributed by atoms with van der Waals surface area (Å²) in [6.07, 6.45) is 2.38. The van der Waals surface area contributed by atoms with Crippen molar-refractivity contribution in [1.29, 1.82) is 0 Å². The molecule has 0 aliphatic rings. The van der Waals surface area contributed by atoms with Gasteiger partial charge in [0.25, 0.3) is 0 Å². The molecule has 0 atom stereocenters. The highest BCUT2D eigenvalue weighted by Crippen LogP contribution is 2.65. The summed E-state index contributed by atoms with van der Waals surface area (Å²) >= 11 is 0. The van der Waals surface area contributed by atoms with E-state index in [1.807, 2.05) is 36.4 Å². The van der Waals surface area contributed by atoms with E-state index in [-0.39, 0.29) is 34.0 Å². The molecular formula is C45H50Br2O6P2+2. The summed E-state index contributed by atoms with van der Waals surface area (Å²) in [5, 5.41) is 6.79. The normalized spacial score (nSPS) is 11.0. The first-order valence-electron chi connectivity index (χ1n) is 17.6. The van der Waals surface area contributed by atoms with Crippen LogP contribution in [0.5, 0.6) is 34.5 Å². The number of rotatable bonds is 16. The van der Waals surface area contributed by atoms with Crippen LogP contribution in [0, 0.1) is 0 Å². The van der Waals surface area contributed by atoms with E-state index in [0.29, 0.717) is 0 Å². The fraction of sp³-hybridized carbons (Fsp3) is 0.200. The van der Waals surface area contributed by atoms with E-state index in [1.54, 1.807) is 42.7 Å². The Kier molecular flexibility index (Phi) is 16.0. The number of hydrogen-bond donors (Lipinski definition) is 0. The number of para-hydroxylation sites is 6. The van der Waals surface area contributed by atoms with Gasteiger partial charge in [-0.2, -0.15) is 0 Å². The van der Waals surface area contributed by atoms with Crippen molar-refractivity contribution in [1.82, 2.24) is 0 Å². The fourth-order valence-corrected chi connectivity index (χ4v) is 17.5. The predicted octanol–water partition coefficient (Wildman–Crippen LogP) is 8.57. The Morgan fingerprint density at radius 1 is 0.291 bits per heavy atom. The minimum Gasteiger partial charge on any atom is -0.493 e. The molecule has 0 saturated heterocycles. The summed E-state index contributed by atoms with van der Waals surface area (Å²) < 4.78 is 37.1. The fourth-order valence-electron chi connectivity index (χ4n) is 7.72. The first-order chi connectivity index (χ1) is 26.0. The molecule has 55 heavy (non-hydrogen) atoms. The maximum absolute atomic E-state index is 6.19. The van der Waals surface area contributed by atoms with Gasteiger partial charge < -0.3 is 28.4 Å². The van der Waals surface area contributed by atoms with E-state index in [4.69, 9.17) is 28.4 Å². The van der Waals surface area contributed by atoms with E-state index in [1.165, 1.54) is 0 Å². The second-order valence-electron chi connectivity index (χ2n) is 12.5. The third kappa shape index (κ3) is 8.25. The molecule has 10 heteroatoms. The first kappa shape index (κ1) is 43.7. The van der Waals surface area contributed by atoms with E-state index in [0.717, 1.165) is 85.1 Å². The second kappa shape index (κ2) is 20.2. The van der Waals surface area contributed by atoms with Gasteiger partial charge in [-0.15, -0.1) is 34.0 Å². The molecule has 0 N–H and O–H groups in total. The highest BCUT2D eigenvalue weighted by molar-refractivity contribution is 8.93. The minimum atomic E-state index is -2.58. The van der Waals surface area contributed by atoms with Crippen molar-refractivity contribution in [3.05, 3.63) is 146 Å². The molecule has 6 aromatic carbocycles. The maximum atomic E-state index is 6.19. The quantitative estimate of drug-likeness (QED) is 0.0909. The van der Waals surface area contributed by atoms with Crippen LogP contribution in [0.3, 0.4) is 0 Å². The molecule has 0 amide bonds. The van der Waals surface area contributed by atoms with Crippen molar-refractivity contribution >= 4 is 80.3 Å². The molecule has 6 nitrogen and oxygen atoms in total. The van der Waals surface area contributed by atoms with Crippen LogP contribution in [0.25, 0.3) is 0 Å². The van der Waals surface area contributed by atoms with Crippen LogP contribution in [0.2, 0.25) is 0 Å². The van der Waals surface area contributed by atoms with E-state index in [2.05, 4.69) is 109 Å². The standard InChI is InChI=1S/C45H48O6P2.2BrH/c1-46-34-20-7-13-26-40(34)52(41-27-14-8-21-35(41)47-2,42-28-15-9-22-36(42)48-3)32-19-33-53(43-29-16-10-23-37(43)49-4,44-30-17-11-24-38(44)50-5)45-31-18-12-25-39(45)51-6;;/h7-18,20-31H,19,32-33H2,1-6H3;2*1H/q+2;;. The average Bonchev–Trinajstić information content (AvgIpc) is 3.24. The number of hydrogen-bond acceptors (Lipinski definition) is 6. The van der Waals surface area contributed by atoms with Crippen LogP contribution in [0.1, 0.15) is 6.42 Å². The Labute approximate surface area is 348 Å². The zero-order chi connectivity index (χ0) is 37.3. The zero-order valence-corrected chi connectivity index (χ0v) is 37.4. The van der Waals surface area contributed by atoms with Crippen molar-refractivity contribution in [2.45, 2.75) is 6.42 Å². The van der Waals surface area contributed by atoms with Crippen molar-refractivity contribution in [3.63, 3.8) is 0 Å². The van der Waals surface area contributed by atoms with Gasteiger partial charge in [-0.25, -0.2) is 0 Å². The zero-order valence-electron chi connectivity index (χ0n) is 32.1. The Balaban J connectivity index is 0.00000336. The van der Waals surface area contributed by atoms with E-state index < -0.39 is 14.5 Å². The van der Waals surface area contributed by atoms with Gasteiger partial charge in [-0.3, -0.25) is 0 Å². The summed E-state index contributed by atoms with van der Waals surface area (Å²) in [6, 6.07) is 50.5. The molecule has 6 rings (SSSR count). The molecule has 0 aliphatic carbocycles. The highest BCUT2D eigenvalue weighted by Gasteiger charge is 2.55. The molecule has 0 aliphatic heterocycles. The molecule has 6 aromatic rings. The van der Waals surface area contributed by atoms with Crippen LogP contribution in [0.15, 0.2) is 146 Å². The molecule has 0 spiro atoms. The lowest BCUT2D eigenvalue weighted by molar-refractivity contribution is 0.416. The van der Waals surface area contributed by atoms with Gasteiger partial charge in [-0.1, -0.05) is 72.8 Å². The topological polar surface area (TPSA) is 55.4 Å². The van der Waals surface area contributed by atoms with Crippen LogP contribution in [-0.4, -0.2) is 55.0 Å². The summed E-state index contributed by atoms with van der Waals surface area (Å²) in [7, 11) is 5.33. The SMILES string of the molecule is Br.Br.COc1ccccc1[P+](CCC[P+](c1ccccc1OC)(c1ccccc1OC)c1ccccc1OC)(c1ccccc1OC)c1ccccc1OC. The molecule has 0 bridgehead atoms. The van der Waals surface area contributed by atoms with Crippen molar-refractivity contribution in [2.24, 2.45) is 0 Å². The van der Waals surface area contributed by atoms with Crippen LogP contribution < -0.4 is 60.2 Å². The average molecular weight is 909 g/mol. The van der Waals surface area contributed by atoms with Crippen LogP contribution in [-0.2, 0) is 0 Å². The number of halogens is 2. The molecular weight excluding hydrogens is 858 g/mol. The van der Waals surface area contributed by atoms with Crippen molar-refractivity contribution in [3.8, 4) is 34.5 Å². The first-order valence-corrected chi connectivity index (χ1v) is 21.6. The molecule has 0 aromatic heterocycles. The number of ether oxygens (including phenoxy) is 6. The van der Waals surface area contributed by atoms with Gasteiger partial charge in [0, 0.05) is 6.42 Å². The van der Waals surface area contributed by atoms with E-state index >= 15 is 0 Å². The Hall–Kier alpha value is -4.06. The second-order valence-corrected chi connectivity index (χ2v) is 19.5. The highest BCUT2D eigenvalue weighted by atomic mass is 79.9. The Bertz CT molecular complexity index is 1760. The lowest BCUT2D eigenvalue weighted by atomic mass is 10.3. The van der Waals surface area contributed by atoms with Gasteiger partial charge in [-0.05, 0) is 72.8 Å². The van der Waals surface area contributed by atoms with Gasteiger partial charge in [0.05, 0.1) is 55.0 Å². The van der Waals surface area contributed by atoms with E-state index in [9.17, 15) is 0 Å². The van der Waals surface area contributed by atoms with Gasteiger partial charge >= 0.3 is 0 Å². The minimum absolute atomic E-state index is 0. The summed E-state index contributed by atoms with van der Waals surface area (Å²) in [5.41, 5.74) is 0. The molecule has 0 unspecified atom stereocenters. The lowest BCUT2D eigenvalue weighted by Gasteiger charge is -2.33. The number of methoxy groups -OCH3 is 6. The smallest absolute Gasteiger partial charge is 0.161 e. The molecule has 0 saturated carbocycles. The third-order valence-corrected chi connectivity index (χ3v) is 19.1. The van der Waals surface area contributed by atoms with Gasteiger partial charge in [0.2, 0.25) is 0 Å². The Morgan fingerprint density at radius 2 is 0.455 bits per heavy atom. The molecule has 0 fully saturated rings. The summed E-state index contributed by atoms with van der Waals surface area (Å²) in [5.74, 6) is 4.99. The lowest BCUT2D eigenvalue weighted by Crippen LogP contribution is -2.38. The maximum Gasteiger partial charge on any atom is 0.161 e. The van der Waals surface area contributed by atoms with Crippen LogP contribution >= 0.6 is 48.5 Å². The molecule has 288 valence electrons. The third-order valence-electron chi connectivity index (χ3n) is 9.97. The monoisotopic (exact) mass is 906 g/mol. The summed E-state index contributed by atoms with van der Waals surface area (Å²) in [4.78, 5) is 0. The number of benzene rings is 6. The van der Waals surface area contributed by atoms with Crippen molar-refractivity contribution < 1.29 is 28.4 Å². The molecule has 0 heterocycles. The van der Waals surface area contributed by atoms with Gasteiger partial charge in [0.15, 0.2) is 34.5 Å². The van der Waals surface area contributed by atoms with Crippen LogP contribution in [0.4, 0.5) is 0 Å². The predicted molar refractivity (Wildman–Crippen MR) is 245 cm³/mol. The Morgan fingerprint density at radius 3 is 0.618 bits per heavy atom. The molecule has 0 radical (unpaired) electrons. The summed E-state index contributed by atoms with van der Waals surface area (Å²) in [6.45, 7) is 0. The largest absolute Gasteiger partial charge is 0.493 e. The van der Waals surface area contributed by atoms with Gasteiger partial charge in [0.1, 0.15) is 46.4 Å². The van der Waals surface area contributed by atoms with Crippen molar-refractivity contribution in [2.75, 3.05) is 55.0 Å².